The third kappa shape index (κ3) is 3.18. The Kier molecular flexibility index (Phi) is 3.54. The largest absolute Gasteiger partial charge is 0.467 e. The minimum atomic E-state index is -0.527. The van der Waals surface area contributed by atoms with Gasteiger partial charge in [0.2, 0.25) is 0 Å². The minimum absolute atomic E-state index is 0.339. The molecule has 0 saturated carbocycles. The van der Waals surface area contributed by atoms with Crippen LogP contribution in [-0.2, 0) is 6.54 Å². The van der Waals surface area contributed by atoms with Crippen molar-refractivity contribution in [1.29, 1.82) is 0 Å². The van der Waals surface area contributed by atoms with Gasteiger partial charge in [0.25, 0.3) is 6.20 Å². The summed E-state index contributed by atoms with van der Waals surface area (Å²) in [6.07, 6.45) is 2.41. The molecule has 76 valence electrons. The summed E-state index contributed by atoms with van der Waals surface area (Å²) in [6.45, 7) is 0.410. The number of hydrogen-bond acceptors (Lipinski definition) is 5. The highest BCUT2D eigenvalue weighted by Gasteiger charge is 2.00. The SMILES string of the molecule is CN/C(=C\[N+](=O)[O-])NCc1ccco1. The molecule has 0 aromatic carbocycles. The first-order chi connectivity index (χ1) is 6.72. The molecule has 0 bridgehead atoms. The lowest BCUT2D eigenvalue weighted by Gasteiger charge is -2.05. The van der Waals surface area contributed by atoms with Crippen LogP contribution in [0.1, 0.15) is 5.76 Å². The van der Waals surface area contributed by atoms with E-state index in [0.717, 1.165) is 12.0 Å². The monoisotopic (exact) mass is 197 g/mol. The summed E-state index contributed by atoms with van der Waals surface area (Å²) in [5.74, 6) is 1.06. The normalized spacial score (nSPS) is 11.1. The van der Waals surface area contributed by atoms with Gasteiger partial charge in [-0.15, -0.1) is 0 Å². The van der Waals surface area contributed by atoms with E-state index >= 15 is 0 Å². The first kappa shape index (κ1) is 10.1. The maximum absolute atomic E-state index is 10.2. The van der Waals surface area contributed by atoms with E-state index in [9.17, 15) is 10.1 Å². The van der Waals surface area contributed by atoms with Gasteiger partial charge in [-0.3, -0.25) is 10.1 Å². The van der Waals surface area contributed by atoms with Gasteiger partial charge in [0.1, 0.15) is 5.76 Å². The van der Waals surface area contributed by atoms with E-state index in [2.05, 4.69) is 10.6 Å². The summed E-state index contributed by atoms with van der Waals surface area (Å²) >= 11 is 0. The first-order valence-electron chi connectivity index (χ1n) is 4.01. The number of nitro groups is 1. The van der Waals surface area contributed by atoms with Crippen LogP contribution in [0, 0.1) is 10.1 Å². The fraction of sp³-hybridized carbons (Fsp3) is 0.250. The molecule has 6 nitrogen and oxygen atoms in total. The zero-order chi connectivity index (χ0) is 10.4. The van der Waals surface area contributed by atoms with Crippen molar-refractivity contribution in [3.05, 3.63) is 46.3 Å². The molecule has 1 heterocycles. The molecule has 0 saturated heterocycles. The lowest BCUT2D eigenvalue weighted by Crippen LogP contribution is -2.23. The Hall–Kier alpha value is -1.98. The lowest BCUT2D eigenvalue weighted by molar-refractivity contribution is -0.404. The molecular weight excluding hydrogens is 186 g/mol. The fourth-order valence-electron chi connectivity index (χ4n) is 0.899. The number of nitrogens with one attached hydrogen (secondary N) is 2. The van der Waals surface area contributed by atoms with Crippen LogP contribution in [-0.4, -0.2) is 12.0 Å². The van der Waals surface area contributed by atoms with Gasteiger partial charge in [-0.1, -0.05) is 0 Å². The van der Waals surface area contributed by atoms with Crippen LogP contribution < -0.4 is 10.6 Å². The van der Waals surface area contributed by atoms with E-state index in [-0.39, 0.29) is 0 Å². The highest BCUT2D eigenvalue weighted by Crippen LogP contribution is 1.99. The second-order valence-corrected chi connectivity index (χ2v) is 2.51. The zero-order valence-corrected chi connectivity index (χ0v) is 7.69. The molecule has 1 aromatic rings. The number of nitrogens with zero attached hydrogens (tertiary/aromatic N) is 1. The van der Waals surface area contributed by atoms with Crippen molar-refractivity contribution < 1.29 is 9.34 Å². The highest BCUT2D eigenvalue weighted by molar-refractivity contribution is 5.00. The van der Waals surface area contributed by atoms with Crippen LogP contribution in [0.3, 0.4) is 0 Å². The molecule has 0 spiro atoms. The molecule has 0 amide bonds. The maximum Gasteiger partial charge on any atom is 0.274 e. The molecule has 0 aliphatic heterocycles. The summed E-state index contributed by atoms with van der Waals surface area (Å²) in [4.78, 5) is 9.63. The molecule has 2 N–H and O–H groups in total. The maximum atomic E-state index is 10.2. The predicted octanol–water partition coefficient (Wildman–Crippen LogP) is 0.664. The van der Waals surface area contributed by atoms with E-state index in [4.69, 9.17) is 4.42 Å². The summed E-state index contributed by atoms with van der Waals surface area (Å²) in [7, 11) is 1.60. The third-order valence-corrected chi connectivity index (χ3v) is 1.54. The smallest absolute Gasteiger partial charge is 0.274 e. The Morgan fingerprint density at radius 3 is 3.07 bits per heavy atom. The van der Waals surface area contributed by atoms with E-state index in [1.54, 1.807) is 25.4 Å². The summed E-state index contributed by atoms with van der Waals surface area (Å²) < 4.78 is 5.05. The van der Waals surface area contributed by atoms with Crippen LogP contribution in [0.25, 0.3) is 0 Å². The van der Waals surface area contributed by atoms with Crippen LogP contribution in [0.4, 0.5) is 0 Å². The lowest BCUT2D eigenvalue weighted by atomic mass is 10.4. The Labute approximate surface area is 80.7 Å². The fourth-order valence-corrected chi connectivity index (χ4v) is 0.899. The predicted molar refractivity (Wildman–Crippen MR) is 49.7 cm³/mol. The molecule has 0 atom stereocenters. The van der Waals surface area contributed by atoms with Crippen LogP contribution in [0.15, 0.2) is 34.8 Å². The van der Waals surface area contributed by atoms with Crippen LogP contribution >= 0.6 is 0 Å². The van der Waals surface area contributed by atoms with Crippen molar-refractivity contribution in [3.63, 3.8) is 0 Å². The number of hydrogen-bond donors (Lipinski definition) is 2. The second kappa shape index (κ2) is 4.90. The average molecular weight is 197 g/mol. The third-order valence-electron chi connectivity index (χ3n) is 1.54. The van der Waals surface area contributed by atoms with E-state index < -0.39 is 4.92 Å². The summed E-state index contributed by atoms with van der Waals surface area (Å²) in [5.41, 5.74) is 0. The van der Waals surface area contributed by atoms with Crippen molar-refractivity contribution in [2.24, 2.45) is 0 Å². The summed E-state index contributed by atoms with van der Waals surface area (Å²) in [6, 6.07) is 3.54. The molecule has 0 radical (unpaired) electrons. The van der Waals surface area contributed by atoms with E-state index in [0.29, 0.717) is 12.4 Å². The van der Waals surface area contributed by atoms with Crippen molar-refractivity contribution in [2.45, 2.75) is 6.54 Å². The van der Waals surface area contributed by atoms with Gasteiger partial charge in [0, 0.05) is 7.05 Å². The zero-order valence-electron chi connectivity index (χ0n) is 7.69. The van der Waals surface area contributed by atoms with Gasteiger partial charge in [-0.05, 0) is 12.1 Å². The van der Waals surface area contributed by atoms with Gasteiger partial charge in [0.15, 0.2) is 5.82 Å². The molecular formula is C8H11N3O3. The van der Waals surface area contributed by atoms with E-state index in [1.165, 1.54) is 0 Å². The standard InChI is InChI=1S/C8H11N3O3/c1-9-8(6-11(12)13)10-5-7-3-2-4-14-7/h2-4,6,9-10H,5H2,1H3/b8-6+. The molecule has 0 unspecified atom stereocenters. The Bertz CT molecular complexity index is 319. The number of furan rings is 1. The molecule has 6 heteroatoms. The molecule has 0 aliphatic carbocycles. The minimum Gasteiger partial charge on any atom is -0.467 e. The van der Waals surface area contributed by atoms with Gasteiger partial charge in [-0.25, -0.2) is 0 Å². The highest BCUT2D eigenvalue weighted by atomic mass is 16.6. The quantitative estimate of drug-likeness (QED) is 0.535. The average Bonchev–Trinajstić information content (AvgIpc) is 2.64. The molecule has 1 rings (SSSR count). The van der Waals surface area contributed by atoms with Crippen LogP contribution in [0.5, 0.6) is 0 Å². The molecule has 1 aromatic heterocycles. The van der Waals surface area contributed by atoms with E-state index in [1.807, 2.05) is 0 Å². The van der Waals surface area contributed by atoms with Gasteiger partial charge >= 0.3 is 0 Å². The Balaban J connectivity index is 2.46. The Morgan fingerprint density at radius 1 is 1.79 bits per heavy atom. The second-order valence-electron chi connectivity index (χ2n) is 2.51. The van der Waals surface area contributed by atoms with Crippen molar-refractivity contribution >= 4 is 0 Å². The van der Waals surface area contributed by atoms with Crippen LogP contribution in [0.2, 0.25) is 0 Å². The Morgan fingerprint density at radius 2 is 2.57 bits per heavy atom. The summed E-state index contributed by atoms with van der Waals surface area (Å²) in [5, 5.41) is 15.6. The number of rotatable bonds is 5. The topological polar surface area (TPSA) is 80.3 Å². The van der Waals surface area contributed by atoms with Gasteiger partial charge in [-0.2, -0.15) is 0 Å². The molecule has 0 aliphatic rings. The molecule has 14 heavy (non-hydrogen) atoms. The van der Waals surface area contributed by atoms with Crippen molar-refractivity contribution in [1.82, 2.24) is 10.6 Å². The van der Waals surface area contributed by atoms with Crippen molar-refractivity contribution in [3.8, 4) is 0 Å². The van der Waals surface area contributed by atoms with Gasteiger partial charge in [0.05, 0.1) is 17.7 Å². The van der Waals surface area contributed by atoms with Gasteiger partial charge < -0.3 is 15.1 Å². The molecule has 0 fully saturated rings. The first-order valence-corrected chi connectivity index (χ1v) is 4.01. The van der Waals surface area contributed by atoms with Crippen molar-refractivity contribution in [2.75, 3.05) is 7.05 Å².